The first-order valence-corrected chi connectivity index (χ1v) is 7.04. The van der Waals surface area contributed by atoms with Crippen LogP contribution < -0.4 is 4.74 Å². The van der Waals surface area contributed by atoms with Crippen LogP contribution >= 0.6 is 0 Å². The van der Waals surface area contributed by atoms with Gasteiger partial charge in [0.25, 0.3) is 0 Å². The molecule has 0 saturated heterocycles. The Kier molecular flexibility index (Phi) is 4.12. The van der Waals surface area contributed by atoms with Crippen molar-refractivity contribution in [3.63, 3.8) is 0 Å². The Morgan fingerprint density at radius 1 is 1.19 bits per heavy atom. The van der Waals surface area contributed by atoms with Crippen LogP contribution in [0, 0.1) is 6.92 Å². The van der Waals surface area contributed by atoms with Crippen LogP contribution in [0.1, 0.15) is 49.2 Å². The fourth-order valence-corrected chi connectivity index (χ4v) is 2.07. The number of pyridine rings is 1. The predicted octanol–water partition coefficient (Wildman–Crippen LogP) is 4.68. The van der Waals surface area contributed by atoms with E-state index < -0.39 is 0 Å². The lowest BCUT2D eigenvalue weighted by Gasteiger charge is -2.20. The van der Waals surface area contributed by atoms with E-state index in [9.17, 15) is 4.79 Å². The maximum absolute atomic E-state index is 11.6. The van der Waals surface area contributed by atoms with Crippen LogP contribution in [0.3, 0.4) is 0 Å². The molecule has 21 heavy (non-hydrogen) atoms. The van der Waals surface area contributed by atoms with E-state index in [4.69, 9.17) is 4.74 Å². The normalized spacial score (nSPS) is 11.3. The van der Waals surface area contributed by atoms with E-state index in [1.807, 2.05) is 13.0 Å². The van der Waals surface area contributed by atoms with Crippen molar-refractivity contribution in [3.8, 4) is 11.6 Å². The number of ketones is 1. The molecular weight excluding hydrogens is 262 g/mol. The number of carbonyl (C=O) groups excluding carboxylic acids is 1. The first-order valence-electron chi connectivity index (χ1n) is 7.04. The molecule has 0 unspecified atom stereocenters. The Bertz CT molecular complexity index is 669. The summed E-state index contributed by atoms with van der Waals surface area (Å²) in [6.45, 7) is 10.0. The molecule has 0 saturated carbocycles. The van der Waals surface area contributed by atoms with Crippen molar-refractivity contribution >= 4 is 5.78 Å². The summed E-state index contributed by atoms with van der Waals surface area (Å²) in [5.41, 5.74) is 2.87. The van der Waals surface area contributed by atoms with Gasteiger partial charge >= 0.3 is 0 Å². The van der Waals surface area contributed by atoms with Gasteiger partial charge in [0.05, 0.1) is 5.56 Å². The van der Waals surface area contributed by atoms with Crippen molar-refractivity contribution in [2.45, 2.75) is 40.0 Å². The molecule has 0 fully saturated rings. The molecule has 1 aromatic heterocycles. The van der Waals surface area contributed by atoms with Crippen LogP contribution in [-0.2, 0) is 5.41 Å². The fourth-order valence-electron chi connectivity index (χ4n) is 2.07. The summed E-state index contributed by atoms with van der Waals surface area (Å²) in [5, 5.41) is 0. The smallest absolute Gasteiger partial charge is 0.230 e. The van der Waals surface area contributed by atoms with E-state index in [-0.39, 0.29) is 11.2 Å². The molecule has 3 nitrogen and oxygen atoms in total. The molecule has 0 aliphatic rings. The molecule has 0 radical (unpaired) electrons. The monoisotopic (exact) mass is 283 g/mol. The van der Waals surface area contributed by atoms with Crippen LogP contribution in [0.2, 0.25) is 0 Å². The van der Waals surface area contributed by atoms with Gasteiger partial charge in [-0.3, -0.25) is 4.79 Å². The van der Waals surface area contributed by atoms with Crippen LogP contribution in [0.15, 0.2) is 36.5 Å². The highest BCUT2D eigenvalue weighted by Crippen LogP contribution is 2.30. The predicted molar refractivity (Wildman–Crippen MR) is 84.2 cm³/mol. The Morgan fingerprint density at radius 3 is 2.48 bits per heavy atom. The number of aryl methyl sites for hydroxylation is 1. The lowest BCUT2D eigenvalue weighted by atomic mass is 9.86. The number of nitrogens with zero attached hydrogens (tertiary/aromatic N) is 1. The summed E-state index contributed by atoms with van der Waals surface area (Å²) in [6.07, 6.45) is 1.63. The average Bonchev–Trinajstić information content (AvgIpc) is 2.40. The van der Waals surface area contributed by atoms with Gasteiger partial charge in [0.1, 0.15) is 5.75 Å². The third kappa shape index (κ3) is 3.48. The summed E-state index contributed by atoms with van der Waals surface area (Å²) >= 11 is 0. The highest BCUT2D eigenvalue weighted by Gasteiger charge is 2.16. The van der Waals surface area contributed by atoms with Gasteiger partial charge in [0.15, 0.2) is 5.78 Å². The lowest BCUT2D eigenvalue weighted by molar-refractivity contribution is 0.101. The molecule has 0 spiro atoms. The van der Waals surface area contributed by atoms with Gasteiger partial charge in [-0.25, -0.2) is 4.98 Å². The van der Waals surface area contributed by atoms with Crippen LogP contribution in [0.25, 0.3) is 0 Å². The number of rotatable bonds is 3. The Balaban J connectivity index is 2.35. The van der Waals surface area contributed by atoms with Crippen molar-refractivity contribution in [1.82, 2.24) is 4.98 Å². The molecule has 1 heterocycles. The Hall–Kier alpha value is -2.16. The summed E-state index contributed by atoms with van der Waals surface area (Å²) in [6, 6.07) is 9.57. The maximum Gasteiger partial charge on any atom is 0.230 e. The molecule has 1 aromatic carbocycles. The molecule has 0 amide bonds. The highest BCUT2D eigenvalue weighted by molar-refractivity contribution is 5.96. The molecule has 110 valence electrons. The number of hydrogen-bond donors (Lipinski definition) is 0. The van der Waals surface area contributed by atoms with E-state index in [0.717, 1.165) is 11.3 Å². The lowest BCUT2D eigenvalue weighted by Crippen LogP contribution is -2.11. The van der Waals surface area contributed by atoms with Gasteiger partial charge in [0, 0.05) is 6.20 Å². The van der Waals surface area contributed by atoms with Gasteiger partial charge in [-0.15, -0.1) is 0 Å². The van der Waals surface area contributed by atoms with Crippen molar-refractivity contribution in [1.29, 1.82) is 0 Å². The van der Waals surface area contributed by atoms with Crippen molar-refractivity contribution in [2.24, 2.45) is 0 Å². The fraction of sp³-hybridized carbons (Fsp3) is 0.333. The molecule has 2 rings (SSSR count). The zero-order valence-corrected chi connectivity index (χ0v) is 13.2. The average molecular weight is 283 g/mol. The number of hydrogen-bond acceptors (Lipinski definition) is 3. The second kappa shape index (κ2) is 5.68. The molecule has 0 N–H and O–H groups in total. The van der Waals surface area contributed by atoms with E-state index in [1.165, 1.54) is 12.5 Å². The first-order chi connectivity index (χ1) is 9.79. The standard InChI is InChI=1S/C18H21NO2/c1-12-11-14(18(3,4)5)8-9-16(12)21-17-15(13(2)20)7-6-10-19-17/h6-11H,1-5H3. The van der Waals surface area contributed by atoms with Gasteiger partial charge in [-0.05, 0) is 48.6 Å². The SMILES string of the molecule is CC(=O)c1cccnc1Oc1ccc(C(C)(C)C)cc1C. The molecule has 2 aromatic rings. The van der Waals surface area contributed by atoms with Gasteiger partial charge < -0.3 is 4.74 Å². The second-order valence-corrected chi connectivity index (χ2v) is 6.24. The minimum atomic E-state index is -0.0536. The molecule has 3 heteroatoms. The van der Waals surface area contributed by atoms with E-state index in [1.54, 1.807) is 18.3 Å². The summed E-state index contributed by atoms with van der Waals surface area (Å²) in [5.74, 6) is 1.03. The van der Waals surface area contributed by atoms with Crippen LogP contribution in [-0.4, -0.2) is 10.8 Å². The van der Waals surface area contributed by atoms with E-state index in [2.05, 4.69) is 37.9 Å². The summed E-state index contributed by atoms with van der Waals surface area (Å²) < 4.78 is 5.84. The summed E-state index contributed by atoms with van der Waals surface area (Å²) in [7, 11) is 0. The van der Waals surface area contributed by atoms with Crippen LogP contribution in [0.5, 0.6) is 11.6 Å². The quantitative estimate of drug-likeness (QED) is 0.768. The summed E-state index contributed by atoms with van der Waals surface area (Å²) in [4.78, 5) is 15.8. The number of Topliss-reactive ketones (excluding diaryl/α,β-unsaturated/α-hetero) is 1. The molecule has 0 aliphatic carbocycles. The second-order valence-electron chi connectivity index (χ2n) is 6.24. The number of carbonyl (C=O) groups is 1. The van der Waals surface area contributed by atoms with Gasteiger partial charge in [0.2, 0.25) is 5.88 Å². The van der Waals surface area contributed by atoms with Crippen molar-refractivity contribution in [3.05, 3.63) is 53.2 Å². The Morgan fingerprint density at radius 2 is 1.90 bits per heavy atom. The van der Waals surface area contributed by atoms with Gasteiger partial charge in [-0.1, -0.05) is 32.9 Å². The number of benzene rings is 1. The highest BCUT2D eigenvalue weighted by atomic mass is 16.5. The third-order valence-electron chi connectivity index (χ3n) is 3.40. The van der Waals surface area contributed by atoms with Crippen molar-refractivity contribution in [2.75, 3.05) is 0 Å². The minimum Gasteiger partial charge on any atom is -0.438 e. The Labute approximate surface area is 126 Å². The number of aromatic nitrogens is 1. The molecule has 0 aliphatic heterocycles. The van der Waals surface area contributed by atoms with Crippen molar-refractivity contribution < 1.29 is 9.53 Å². The maximum atomic E-state index is 11.6. The zero-order chi connectivity index (χ0) is 15.6. The largest absolute Gasteiger partial charge is 0.438 e. The van der Waals surface area contributed by atoms with Gasteiger partial charge in [-0.2, -0.15) is 0 Å². The van der Waals surface area contributed by atoms with E-state index >= 15 is 0 Å². The number of ether oxygens (including phenoxy) is 1. The minimum absolute atomic E-state index is 0.0536. The van der Waals surface area contributed by atoms with E-state index in [0.29, 0.717) is 11.4 Å². The van der Waals surface area contributed by atoms with Crippen LogP contribution in [0.4, 0.5) is 0 Å². The molecule has 0 bridgehead atoms. The zero-order valence-electron chi connectivity index (χ0n) is 13.2. The molecule has 0 atom stereocenters. The first kappa shape index (κ1) is 15.2. The third-order valence-corrected chi connectivity index (χ3v) is 3.40. The topological polar surface area (TPSA) is 39.2 Å². The molecular formula is C18H21NO2.